The van der Waals surface area contributed by atoms with E-state index in [1.165, 1.54) is 19.1 Å². The zero-order chi connectivity index (χ0) is 27.3. The Morgan fingerprint density at radius 2 is 1.86 bits per heavy atom. The van der Waals surface area contributed by atoms with Gasteiger partial charge in [0.05, 0.1) is 18.3 Å². The van der Waals surface area contributed by atoms with Gasteiger partial charge >= 0.3 is 5.97 Å². The molecule has 0 saturated carbocycles. The van der Waals surface area contributed by atoms with Gasteiger partial charge in [-0.05, 0) is 58.3 Å². The van der Waals surface area contributed by atoms with Crippen molar-refractivity contribution in [2.24, 2.45) is 17.8 Å². The second-order valence-electron chi connectivity index (χ2n) is 11.2. The Balaban J connectivity index is 2.41. The third-order valence-electron chi connectivity index (χ3n) is 7.75. The lowest BCUT2D eigenvalue weighted by Crippen LogP contribution is -2.56. The zero-order valence-electron chi connectivity index (χ0n) is 22.7. The van der Waals surface area contributed by atoms with Gasteiger partial charge < -0.3 is 29.9 Å². The van der Waals surface area contributed by atoms with E-state index in [0.29, 0.717) is 31.3 Å². The van der Waals surface area contributed by atoms with Crippen molar-refractivity contribution in [1.82, 2.24) is 0 Å². The van der Waals surface area contributed by atoms with Gasteiger partial charge in [-0.1, -0.05) is 62.8 Å². The van der Waals surface area contributed by atoms with Gasteiger partial charge in [0.25, 0.3) is 0 Å². The monoisotopic (exact) mass is 506 g/mol. The van der Waals surface area contributed by atoms with Crippen LogP contribution in [0.3, 0.4) is 0 Å². The highest BCUT2D eigenvalue weighted by atomic mass is 16.6. The number of carbonyl (C=O) groups excluding carboxylic acids is 1. The first-order chi connectivity index (χ1) is 16.6. The van der Waals surface area contributed by atoms with Gasteiger partial charge in [0, 0.05) is 18.4 Å². The smallest absolute Gasteiger partial charge is 0.330 e. The highest BCUT2D eigenvalue weighted by molar-refractivity contribution is 5.83. The minimum absolute atomic E-state index is 0.0922. The highest BCUT2D eigenvalue weighted by Gasteiger charge is 2.49. The maximum absolute atomic E-state index is 12.8. The number of aliphatic hydroxyl groups excluding tert-OH is 2. The lowest BCUT2D eigenvalue weighted by Gasteiger charge is -2.45. The van der Waals surface area contributed by atoms with Gasteiger partial charge in [-0.25, -0.2) is 4.79 Å². The summed E-state index contributed by atoms with van der Waals surface area (Å²) in [4.78, 5) is 12.8. The van der Waals surface area contributed by atoms with Crippen LogP contribution in [0, 0.1) is 17.8 Å². The summed E-state index contributed by atoms with van der Waals surface area (Å²) in [6.45, 7) is 14.7. The second kappa shape index (κ2) is 12.7. The quantitative estimate of drug-likeness (QED) is 0.338. The predicted molar refractivity (Wildman–Crippen MR) is 140 cm³/mol. The van der Waals surface area contributed by atoms with E-state index in [2.05, 4.69) is 6.58 Å². The molecular formula is C29H46O7. The van der Waals surface area contributed by atoms with E-state index in [0.717, 1.165) is 5.57 Å². The number of rotatable bonds is 3. The third-order valence-corrected chi connectivity index (χ3v) is 7.75. The van der Waals surface area contributed by atoms with Crippen LogP contribution < -0.4 is 0 Å². The molecule has 4 N–H and O–H groups in total. The topological polar surface area (TPSA) is 116 Å². The third kappa shape index (κ3) is 8.12. The van der Waals surface area contributed by atoms with Crippen molar-refractivity contribution in [3.63, 3.8) is 0 Å². The molecule has 1 fully saturated rings. The lowest BCUT2D eigenvalue weighted by atomic mass is 9.83. The Bertz CT molecular complexity index is 856. The minimum Gasteiger partial charge on any atom is -0.459 e. The van der Waals surface area contributed by atoms with Crippen molar-refractivity contribution in [1.29, 1.82) is 0 Å². The van der Waals surface area contributed by atoms with Crippen molar-refractivity contribution >= 4 is 5.97 Å². The number of ether oxygens (including phenoxy) is 2. The van der Waals surface area contributed by atoms with E-state index in [1.807, 2.05) is 20.8 Å². The molecule has 0 aliphatic carbocycles. The molecule has 0 aromatic rings. The summed E-state index contributed by atoms with van der Waals surface area (Å²) in [5.74, 6) is -2.86. The van der Waals surface area contributed by atoms with Crippen LogP contribution in [0.5, 0.6) is 0 Å². The largest absolute Gasteiger partial charge is 0.459 e. The standard InChI is InChI=1S/C29H46O7/c1-18-14-24-11-8-12-25(31)22(5)20(3)16-27(32)35-26(15-21(4)23(6)30)19(2)10-9-13-28(7,33)29(34,17-18)36-24/h8-9,12-13,16,19,21-26,30-31,33-34H,1,10-11,14-15,17H2,2-7H3/b12-8+,13-9+,20-16-. The fraction of sp³-hybridized carbons (Fsp3) is 0.690. The van der Waals surface area contributed by atoms with Crippen LogP contribution in [0.15, 0.2) is 48.1 Å². The summed E-state index contributed by atoms with van der Waals surface area (Å²) in [5.41, 5.74) is -0.206. The normalized spacial score (nSPS) is 42.2. The summed E-state index contributed by atoms with van der Waals surface area (Å²) >= 11 is 0. The van der Waals surface area contributed by atoms with Crippen LogP contribution in [-0.4, -0.2) is 62.2 Å². The number of hydrogen-bond acceptors (Lipinski definition) is 7. The number of carbonyl (C=O) groups is 1. The molecule has 1 saturated heterocycles. The van der Waals surface area contributed by atoms with E-state index in [9.17, 15) is 25.2 Å². The van der Waals surface area contributed by atoms with Crippen LogP contribution in [0.4, 0.5) is 0 Å². The number of allylic oxidation sites excluding steroid dienone is 1. The van der Waals surface area contributed by atoms with E-state index in [-0.39, 0.29) is 24.2 Å². The van der Waals surface area contributed by atoms with Crippen LogP contribution in [0.25, 0.3) is 0 Å². The summed E-state index contributed by atoms with van der Waals surface area (Å²) in [5, 5.41) is 43.1. The average molecular weight is 507 g/mol. The summed E-state index contributed by atoms with van der Waals surface area (Å²) in [6, 6.07) is 0. The minimum atomic E-state index is -1.84. The molecule has 2 rings (SSSR count). The van der Waals surface area contributed by atoms with E-state index >= 15 is 0 Å². The Kier molecular flexibility index (Phi) is 10.7. The molecular weight excluding hydrogens is 460 g/mol. The maximum atomic E-state index is 12.8. The van der Waals surface area contributed by atoms with E-state index in [1.54, 1.807) is 32.1 Å². The Morgan fingerprint density at radius 1 is 1.19 bits per heavy atom. The number of esters is 1. The van der Waals surface area contributed by atoms with Crippen molar-refractivity contribution in [2.75, 3.05) is 0 Å². The molecule has 2 heterocycles. The molecule has 0 spiro atoms. The number of hydrogen-bond donors (Lipinski definition) is 4. The first-order valence-corrected chi connectivity index (χ1v) is 13.0. The molecule has 0 amide bonds. The Morgan fingerprint density at radius 3 is 2.50 bits per heavy atom. The molecule has 7 heteroatoms. The van der Waals surface area contributed by atoms with Crippen LogP contribution in [-0.2, 0) is 14.3 Å². The fourth-order valence-electron chi connectivity index (χ4n) is 4.58. The first-order valence-electron chi connectivity index (χ1n) is 13.0. The Labute approximate surface area is 216 Å². The number of fused-ring (bicyclic) bond motifs is 2. The first kappa shape index (κ1) is 30.5. The summed E-state index contributed by atoms with van der Waals surface area (Å²) < 4.78 is 11.8. The predicted octanol–water partition coefficient (Wildman–Crippen LogP) is 3.97. The van der Waals surface area contributed by atoms with Gasteiger partial charge in [0.1, 0.15) is 11.7 Å². The van der Waals surface area contributed by atoms with Gasteiger partial charge in [0.2, 0.25) is 5.79 Å². The summed E-state index contributed by atoms with van der Waals surface area (Å²) in [6.07, 6.45) is 7.94. The molecule has 0 aromatic heterocycles. The van der Waals surface area contributed by atoms with E-state index in [4.69, 9.17) is 9.47 Å². The lowest BCUT2D eigenvalue weighted by molar-refractivity contribution is -0.305. The van der Waals surface area contributed by atoms with Gasteiger partial charge in [-0.15, -0.1) is 0 Å². The van der Waals surface area contributed by atoms with Gasteiger partial charge in [-0.3, -0.25) is 0 Å². The molecule has 2 aliphatic rings. The molecule has 2 aliphatic heterocycles. The molecule has 2 bridgehead atoms. The fourth-order valence-corrected chi connectivity index (χ4v) is 4.58. The average Bonchev–Trinajstić information content (AvgIpc) is 2.76. The highest BCUT2D eigenvalue weighted by Crippen LogP contribution is 2.39. The second-order valence-corrected chi connectivity index (χ2v) is 11.2. The SMILES string of the molecule is C=C1CC2C/C=C/C(O)C(C)/C(C)=C\C(=O)OC(CC(C)C(C)O)C(C)C/C=C/C(C)(O)C(O)(C1)O2. The van der Waals surface area contributed by atoms with E-state index < -0.39 is 41.8 Å². The van der Waals surface area contributed by atoms with Gasteiger partial charge in [-0.2, -0.15) is 0 Å². The molecule has 204 valence electrons. The molecule has 9 unspecified atom stereocenters. The van der Waals surface area contributed by atoms with Crippen molar-refractivity contribution in [3.05, 3.63) is 48.1 Å². The van der Waals surface area contributed by atoms with Crippen LogP contribution >= 0.6 is 0 Å². The molecule has 7 nitrogen and oxygen atoms in total. The van der Waals surface area contributed by atoms with Crippen molar-refractivity contribution in [3.8, 4) is 0 Å². The zero-order valence-corrected chi connectivity index (χ0v) is 22.7. The molecule has 9 atom stereocenters. The van der Waals surface area contributed by atoms with Crippen molar-refractivity contribution < 1.29 is 34.7 Å². The molecule has 0 aromatic carbocycles. The number of cyclic esters (lactones) is 1. The maximum Gasteiger partial charge on any atom is 0.330 e. The van der Waals surface area contributed by atoms with Crippen molar-refractivity contribution in [2.45, 2.75) is 109 Å². The molecule has 36 heavy (non-hydrogen) atoms. The molecule has 0 radical (unpaired) electrons. The number of aliphatic hydroxyl groups is 4. The van der Waals surface area contributed by atoms with Crippen LogP contribution in [0.2, 0.25) is 0 Å². The Hall–Kier alpha value is -1.77. The summed E-state index contributed by atoms with van der Waals surface area (Å²) in [7, 11) is 0. The van der Waals surface area contributed by atoms with Gasteiger partial charge in [0.15, 0.2) is 0 Å². The van der Waals surface area contributed by atoms with Crippen LogP contribution in [0.1, 0.15) is 73.6 Å².